The number of benzene rings is 1. The Morgan fingerprint density at radius 3 is 2.52 bits per heavy atom. The molecular weight excluding hydrogens is 317 g/mol. The van der Waals surface area contributed by atoms with Crippen molar-refractivity contribution in [3.8, 4) is 0 Å². The summed E-state index contributed by atoms with van der Waals surface area (Å²) in [6.07, 6.45) is 4.35. The summed E-state index contributed by atoms with van der Waals surface area (Å²) < 4.78 is 19.1. The first kappa shape index (κ1) is 19.9. The van der Waals surface area contributed by atoms with Crippen LogP contribution in [-0.4, -0.2) is 25.2 Å². The van der Waals surface area contributed by atoms with Crippen LogP contribution in [0, 0.1) is 17.7 Å². The first-order valence-corrected chi connectivity index (χ1v) is 9.51. The van der Waals surface area contributed by atoms with E-state index in [-0.39, 0.29) is 29.2 Å². The Hall–Kier alpha value is -1.42. The lowest BCUT2D eigenvalue weighted by Gasteiger charge is -2.49. The monoisotopic (exact) mass is 349 g/mol. The van der Waals surface area contributed by atoms with Crippen molar-refractivity contribution in [2.24, 2.45) is 11.8 Å². The lowest BCUT2D eigenvalue weighted by Crippen LogP contribution is -2.54. The lowest BCUT2D eigenvalue weighted by molar-refractivity contribution is -0.147. The zero-order valence-corrected chi connectivity index (χ0v) is 16.0. The van der Waals surface area contributed by atoms with Gasteiger partial charge in [-0.15, -0.1) is 0 Å². The van der Waals surface area contributed by atoms with Crippen LogP contribution >= 0.6 is 0 Å². The molecule has 2 rings (SSSR count). The molecule has 1 N–H and O–H groups in total. The molecule has 0 saturated heterocycles. The Kier molecular flexibility index (Phi) is 7.00. The van der Waals surface area contributed by atoms with E-state index in [0.717, 1.165) is 24.8 Å². The van der Waals surface area contributed by atoms with Crippen molar-refractivity contribution in [3.05, 3.63) is 35.6 Å². The van der Waals surface area contributed by atoms with E-state index in [1.54, 1.807) is 6.07 Å². The van der Waals surface area contributed by atoms with Gasteiger partial charge in [0.15, 0.2) is 0 Å². The number of hydrogen-bond acceptors (Lipinski definition) is 3. The molecule has 140 valence electrons. The van der Waals surface area contributed by atoms with Crippen molar-refractivity contribution in [3.63, 3.8) is 0 Å². The summed E-state index contributed by atoms with van der Waals surface area (Å²) in [7, 11) is 0. The van der Waals surface area contributed by atoms with Crippen LogP contribution in [0.4, 0.5) is 4.39 Å². The molecule has 1 fully saturated rings. The van der Waals surface area contributed by atoms with Crippen LogP contribution in [0.5, 0.6) is 0 Å². The highest BCUT2D eigenvalue weighted by Gasteiger charge is 2.45. The van der Waals surface area contributed by atoms with Gasteiger partial charge < -0.3 is 10.1 Å². The molecule has 0 amide bonds. The van der Waals surface area contributed by atoms with Gasteiger partial charge in [0.05, 0.1) is 5.92 Å². The number of carbonyl (C=O) groups excluding carboxylic acids is 1. The second-order valence-electron chi connectivity index (χ2n) is 7.98. The molecule has 1 aliphatic carbocycles. The Bertz CT molecular complexity index is 567. The summed E-state index contributed by atoms with van der Waals surface area (Å²) in [6.45, 7) is 9.11. The van der Waals surface area contributed by atoms with Gasteiger partial charge in [0, 0.05) is 18.0 Å². The Balaban J connectivity index is 2.06. The van der Waals surface area contributed by atoms with E-state index >= 15 is 0 Å². The topological polar surface area (TPSA) is 38.3 Å². The van der Waals surface area contributed by atoms with Gasteiger partial charge in [-0.05, 0) is 42.9 Å². The Morgan fingerprint density at radius 2 is 2.00 bits per heavy atom. The molecule has 25 heavy (non-hydrogen) atoms. The molecule has 1 aromatic carbocycles. The fraction of sp³-hybridized carbons (Fsp3) is 0.667. The van der Waals surface area contributed by atoms with Crippen LogP contribution in [-0.2, 0) is 14.9 Å². The van der Waals surface area contributed by atoms with Crippen LogP contribution in [0.15, 0.2) is 24.3 Å². The molecule has 0 heterocycles. The standard InChI is InChI=1S/C21H32FNO2/c1-15(2)13-19(23-11-12-25-20(24)16(3)4)21(9-6-10-21)17-7-5-8-18(22)14-17/h5,7-8,14-16,19,23H,6,9-13H2,1-4H3. The number of hydrogen-bond donors (Lipinski definition) is 1. The molecule has 1 unspecified atom stereocenters. The summed E-state index contributed by atoms with van der Waals surface area (Å²) in [5.74, 6) is 0.113. The van der Waals surface area contributed by atoms with Crippen molar-refractivity contribution in [1.29, 1.82) is 0 Å². The molecule has 1 atom stereocenters. The molecule has 1 aliphatic rings. The lowest BCUT2D eigenvalue weighted by atomic mass is 9.59. The minimum Gasteiger partial charge on any atom is -0.464 e. The highest BCUT2D eigenvalue weighted by atomic mass is 19.1. The van der Waals surface area contributed by atoms with Gasteiger partial charge in [-0.1, -0.05) is 46.2 Å². The number of nitrogens with one attached hydrogen (secondary N) is 1. The SMILES string of the molecule is CC(C)CC(NCCOC(=O)C(C)C)C1(c2cccc(F)c2)CCC1. The zero-order valence-electron chi connectivity index (χ0n) is 16.0. The average Bonchev–Trinajstić information content (AvgIpc) is 2.49. The molecule has 0 spiro atoms. The zero-order chi connectivity index (χ0) is 18.4. The maximum absolute atomic E-state index is 13.8. The Labute approximate surface area is 151 Å². The molecule has 4 heteroatoms. The summed E-state index contributed by atoms with van der Waals surface area (Å²) in [6, 6.07) is 7.32. The van der Waals surface area contributed by atoms with E-state index in [0.29, 0.717) is 19.1 Å². The van der Waals surface area contributed by atoms with E-state index in [4.69, 9.17) is 4.74 Å². The quantitative estimate of drug-likeness (QED) is 0.529. The van der Waals surface area contributed by atoms with Crippen LogP contribution in [0.1, 0.15) is 58.9 Å². The second kappa shape index (κ2) is 8.79. The van der Waals surface area contributed by atoms with Crippen LogP contribution in [0.2, 0.25) is 0 Å². The van der Waals surface area contributed by atoms with E-state index in [9.17, 15) is 9.18 Å². The second-order valence-corrected chi connectivity index (χ2v) is 7.98. The first-order chi connectivity index (χ1) is 11.8. The minimum absolute atomic E-state index is 0.00553. The van der Waals surface area contributed by atoms with Crippen molar-refractivity contribution < 1.29 is 13.9 Å². The van der Waals surface area contributed by atoms with Gasteiger partial charge >= 0.3 is 5.97 Å². The minimum atomic E-state index is -0.169. The molecule has 0 bridgehead atoms. The van der Waals surface area contributed by atoms with Crippen LogP contribution in [0.25, 0.3) is 0 Å². The smallest absolute Gasteiger partial charge is 0.308 e. The number of carbonyl (C=O) groups is 1. The van der Waals surface area contributed by atoms with Crippen molar-refractivity contribution in [1.82, 2.24) is 5.32 Å². The normalized spacial score (nSPS) is 17.4. The van der Waals surface area contributed by atoms with Crippen LogP contribution < -0.4 is 5.32 Å². The van der Waals surface area contributed by atoms with Gasteiger partial charge in [0.25, 0.3) is 0 Å². The van der Waals surface area contributed by atoms with Gasteiger partial charge in [-0.25, -0.2) is 4.39 Å². The summed E-state index contributed by atoms with van der Waals surface area (Å²) >= 11 is 0. The Morgan fingerprint density at radius 1 is 1.28 bits per heavy atom. The van der Waals surface area contributed by atoms with Gasteiger partial charge in [0.1, 0.15) is 12.4 Å². The van der Waals surface area contributed by atoms with Gasteiger partial charge in [-0.2, -0.15) is 0 Å². The predicted octanol–water partition coefficient (Wildman–Crippen LogP) is 4.45. The third kappa shape index (κ3) is 5.04. The maximum atomic E-state index is 13.8. The molecule has 1 saturated carbocycles. The fourth-order valence-corrected chi connectivity index (χ4v) is 3.72. The number of ether oxygens (including phenoxy) is 1. The van der Waals surface area contributed by atoms with E-state index < -0.39 is 0 Å². The average molecular weight is 349 g/mol. The number of esters is 1. The van der Waals surface area contributed by atoms with E-state index in [1.165, 1.54) is 12.5 Å². The molecule has 0 radical (unpaired) electrons. The van der Waals surface area contributed by atoms with E-state index in [2.05, 4.69) is 25.2 Å². The van der Waals surface area contributed by atoms with E-state index in [1.807, 2.05) is 19.9 Å². The number of rotatable bonds is 9. The summed E-state index contributed by atoms with van der Waals surface area (Å²) in [4.78, 5) is 11.6. The highest BCUT2D eigenvalue weighted by Crippen LogP contribution is 2.48. The predicted molar refractivity (Wildman–Crippen MR) is 99.0 cm³/mol. The molecule has 1 aromatic rings. The summed E-state index contributed by atoms with van der Waals surface area (Å²) in [5.41, 5.74) is 1.09. The van der Waals surface area contributed by atoms with Crippen molar-refractivity contribution in [2.45, 2.75) is 64.8 Å². The molecule has 0 aromatic heterocycles. The van der Waals surface area contributed by atoms with Crippen molar-refractivity contribution >= 4 is 5.97 Å². The summed E-state index contributed by atoms with van der Waals surface area (Å²) in [5, 5.41) is 3.61. The molecule has 3 nitrogen and oxygen atoms in total. The third-order valence-corrected chi connectivity index (χ3v) is 5.23. The van der Waals surface area contributed by atoms with Crippen LogP contribution in [0.3, 0.4) is 0 Å². The number of halogens is 1. The van der Waals surface area contributed by atoms with Crippen molar-refractivity contribution in [2.75, 3.05) is 13.2 Å². The van der Waals surface area contributed by atoms with Gasteiger partial charge in [0.2, 0.25) is 0 Å². The molecule has 0 aliphatic heterocycles. The van der Waals surface area contributed by atoms with Gasteiger partial charge in [-0.3, -0.25) is 4.79 Å². The first-order valence-electron chi connectivity index (χ1n) is 9.51. The maximum Gasteiger partial charge on any atom is 0.308 e. The molecular formula is C21H32FNO2. The largest absolute Gasteiger partial charge is 0.464 e. The fourth-order valence-electron chi connectivity index (χ4n) is 3.72. The third-order valence-electron chi connectivity index (χ3n) is 5.23. The highest BCUT2D eigenvalue weighted by molar-refractivity contribution is 5.71.